The van der Waals surface area contributed by atoms with Crippen molar-refractivity contribution >= 4 is 40.4 Å². The number of carboxylic acid groups (broad SMARTS) is 1. The Labute approximate surface area is 178 Å². The van der Waals surface area contributed by atoms with E-state index in [1.54, 1.807) is 48.8 Å². The van der Waals surface area contributed by atoms with Crippen molar-refractivity contribution in [3.8, 4) is 0 Å². The van der Waals surface area contributed by atoms with Crippen molar-refractivity contribution in [1.82, 2.24) is 15.3 Å². The van der Waals surface area contributed by atoms with Crippen molar-refractivity contribution in [2.24, 2.45) is 0 Å². The van der Waals surface area contributed by atoms with Crippen LogP contribution in [0.5, 0.6) is 0 Å². The van der Waals surface area contributed by atoms with Crippen LogP contribution in [0.1, 0.15) is 16.7 Å². The molecule has 154 valence electrons. The molecule has 4 N–H and O–H groups in total. The molecule has 0 aliphatic heterocycles. The number of hydrogen-bond donors (Lipinski definition) is 4. The summed E-state index contributed by atoms with van der Waals surface area (Å²) in [5.74, 6) is -1.02. The second kappa shape index (κ2) is 8.96. The Morgan fingerprint density at radius 2 is 1.74 bits per heavy atom. The number of urea groups is 1. The van der Waals surface area contributed by atoms with Gasteiger partial charge >= 0.3 is 12.0 Å². The van der Waals surface area contributed by atoms with E-state index in [-0.39, 0.29) is 11.6 Å². The van der Waals surface area contributed by atoms with E-state index >= 15 is 0 Å². The Kier molecular flexibility index (Phi) is 5.75. The van der Waals surface area contributed by atoms with Gasteiger partial charge in [0.2, 0.25) is 0 Å². The Bertz CT molecular complexity index is 1250. The number of carbonyl (C=O) groups excluding carboxylic acids is 1. The lowest BCUT2D eigenvalue weighted by Gasteiger charge is -2.08. The van der Waals surface area contributed by atoms with Gasteiger partial charge in [-0.25, -0.2) is 14.6 Å². The van der Waals surface area contributed by atoms with Crippen molar-refractivity contribution in [3.05, 3.63) is 95.8 Å². The number of anilines is 1. The fourth-order valence-electron chi connectivity index (χ4n) is 3.21. The predicted octanol–water partition coefficient (Wildman–Crippen LogP) is 4.51. The summed E-state index contributed by atoms with van der Waals surface area (Å²) < 4.78 is 0. The van der Waals surface area contributed by atoms with Crippen LogP contribution in [0.4, 0.5) is 10.5 Å². The van der Waals surface area contributed by atoms with Crippen molar-refractivity contribution in [2.75, 3.05) is 5.32 Å². The van der Waals surface area contributed by atoms with E-state index in [0.29, 0.717) is 34.4 Å². The van der Waals surface area contributed by atoms with Gasteiger partial charge in [0, 0.05) is 23.7 Å². The summed E-state index contributed by atoms with van der Waals surface area (Å²) in [6, 6.07) is 19.9. The van der Waals surface area contributed by atoms with Gasteiger partial charge in [-0.15, -0.1) is 0 Å². The smallest absolute Gasteiger partial charge is 0.336 e. The third-order valence-electron chi connectivity index (χ3n) is 4.73. The second-order valence-corrected chi connectivity index (χ2v) is 6.89. The van der Waals surface area contributed by atoms with Crippen LogP contribution in [-0.4, -0.2) is 27.1 Å². The number of fused-ring (bicyclic) bond motifs is 1. The van der Waals surface area contributed by atoms with Crippen LogP contribution >= 0.6 is 0 Å². The van der Waals surface area contributed by atoms with Crippen LogP contribution in [0.2, 0.25) is 0 Å². The lowest BCUT2D eigenvalue weighted by atomic mass is 10.0. The molecule has 0 fully saturated rings. The summed E-state index contributed by atoms with van der Waals surface area (Å²) in [4.78, 5) is 31.4. The highest BCUT2D eigenvalue weighted by Gasteiger charge is 2.13. The van der Waals surface area contributed by atoms with Gasteiger partial charge in [-0.2, -0.15) is 0 Å². The van der Waals surface area contributed by atoms with Gasteiger partial charge in [0.05, 0.1) is 17.5 Å². The van der Waals surface area contributed by atoms with Gasteiger partial charge in [-0.3, -0.25) is 0 Å². The van der Waals surface area contributed by atoms with Crippen LogP contribution in [0.25, 0.3) is 22.7 Å². The third-order valence-corrected chi connectivity index (χ3v) is 4.73. The molecule has 2 amide bonds. The Morgan fingerprint density at radius 1 is 1.03 bits per heavy atom. The quantitative estimate of drug-likeness (QED) is 0.350. The number of aromatic amines is 1. The number of nitrogens with zero attached hydrogens (tertiary/aromatic N) is 1. The number of pyridine rings is 1. The predicted molar refractivity (Wildman–Crippen MR) is 120 cm³/mol. The number of hydrogen-bond acceptors (Lipinski definition) is 3. The summed E-state index contributed by atoms with van der Waals surface area (Å²) in [6.45, 7) is 0.402. The highest BCUT2D eigenvalue weighted by atomic mass is 16.4. The number of carbonyl (C=O) groups is 2. The molecule has 7 nitrogen and oxygen atoms in total. The first-order chi connectivity index (χ1) is 15.1. The van der Waals surface area contributed by atoms with Crippen molar-refractivity contribution in [1.29, 1.82) is 0 Å². The van der Waals surface area contributed by atoms with Crippen LogP contribution < -0.4 is 10.6 Å². The van der Waals surface area contributed by atoms with Gasteiger partial charge in [0.1, 0.15) is 5.65 Å². The van der Waals surface area contributed by atoms with Gasteiger partial charge in [0.25, 0.3) is 0 Å². The fourth-order valence-corrected chi connectivity index (χ4v) is 3.21. The number of benzene rings is 2. The average Bonchev–Trinajstić information content (AvgIpc) is 3.19. The Balaban J connectivity index is 1.56. The van der Waals surface area contributed by atoms with E-state index in [9.17, 15) is 14.7 Å². The van der Waals surface area contributed by atoms with Crippen LogP contribution in [-0.2, 0) is 11.3 Å². The van der Waals surface area contributed by atoms with Gasteiger partial charge < -0.3 is 20.7 Å². The first-order valence-electron chi connectivity index (χ1n) is 9.66. The van der Waals surface area contributed by atoms with E-state index < -0.39 is 5.97 Å². The zero-order valence-corrected chi connectivity index (χ0v) is 16.5. The standard InChI is InChI=1S/C24H20N4O3/c29-23(30)21(17-9-5-2-6-10-17)11-18-14-25-22-20(18)12-19(15-26-22)28-24(31)27-13-16-7-3-1-4-8-16/h1-12,14-15H,13H2,(H,25,26)(H,29,30)(H2,27,28,31)/b21-11+. The minimum absolute atomic E-state index is 0.167. The molecular weight excluding hydrogens is 392 g/mol. The van der Waals surface area contributed by atoms with Gasteiger partial charge in [-0.05, 0) is 23.3 Å². The molecule has 31 heavy (non-hydrogen) atoms. The minimum atomic E-state index is -1.02. The Hall–Kier alpha value is -4.39. The van der Waals surface area contributed by atoms with E-state index in [0.717, 1.165) is 5.56 Å². The molecule has 7 heteroatoms. The number of rotatable bonds is 6. The molecule has 0 atom stereocenters. The van der Waals surface area contributed by atoms with Crippen LogP contribution in [0.15, 0.2) is 79.1 Å². The molecule has 0 saturated heterocycles. The fraction of sp³-hybridized carbons (Fsp3) is 0.0417. The second-order valence-electron chi connectivity index (χ2n) is 6.89. The molecule has 0 radical (unpaired) electrons. The van der Waals surface area contributed by atoms with Crippen molar-refractivity contribution < 1.29 is 14.7 Å². The van der Waals surface area contributed by atoms with Crippen LogP contribution in [0.3, 0.4) is 0 Å². The van der Waals surface area contributed by atoms with E-state index in [1.807, 2.05) is 36.4 Å². The molecule has 0 saturated carbocycles. The molecule has 0 aliphatic carbocycles. The zero-order chi connectivity index (χ0) is 21.6. The summed E-state index contributed by atoms with van der Waals surface area (Å²) in [7, 11) is 0. The maximum Gasteiger partial charge on any atom is 0.336 e. The molecule has 4 rings (SSSR count). The van der Waals surface area contributed by atoms with Gasteiger partial charge in [-0.1, -0.05) is 60.7 Å². The molecule has 0 unspecified atom stereocenters. The normalized spacial score (nSPS) is 11.3. The molecule has 4 aromatic rings. The van der Waals surface area contributed by atoms with Gasteiger partial charge in [0.15, 0.2) is 0 Å². The van der Waals surface area contributed by atoms with E-state index in [1.165, 1.54) is 0 Å². The first-order valence-corrected chi connectivity index (χ1v) is 9.66. The monoisotopic (exact) mass is 412 g/mol. The molecule has 2 aromatic heterocycles. The SMILES string of the molecule is O=C(NCc1ccccc1)Nc1cnc2[nH]cc(/C=C(/C(=O)O)c3ccccc3)c2c1. The van der Waals surface area contributed by atoms with E-state index in [4.69, 9.17) is 0 Å². The number of carboxylic acids is 1. The maximum absolute atomic E-state index is 12.2. The highest BCUT2D eigenvalue weighted by molar-refractivity contribution is 6.21. The highest BCUT2D eigenvalue weighted by Crippen LogP contribution is 2.25. The third kappa shape index (κ3) is 4.79. The number of H-pyrrole nitrogens is 1. The molecule has 0 spiro atoms. The number of nitrogens with one attached hydrogen (secondary N) is 3. The molecular formula is C24H20N4O3. The molecule has 2 heterocycles. The maximum atomic E-state index is 12.2. The zero-order valence-electron chi connectivity index (χ0n) is 16.5. The Morgan fingerprint density at radius 3 is 2.45 bits per heavy atom. The summed E-state index contributed by atoms with van der Waals surface area (Å²) in [5.41, 5.74) is 3.53. The van der Waals surface area contributed by atoms with Crippen molar-refractivity contribution in [3.63, 3.8) is 0 Å². The summed E-state index contributed by atoms with van der Waals surface area (Å²) >= 11 is 0. The number of aliphatic carboxylic acids is 1. The minimum Gasteiger partial charge on any atom is -0.478 e. The molecule has 2 aromatic carbocycles. The lowest BCUT2D eigenvalue weighted by Crippen LogP contribution is -2.28. The molecule has 0 aliphatic rings. The van der Waals surface area contributed by atoms with E-state index in [2.05, 4.69) is 20.6 Å². The average molecular weight is 412 g/mol. The van der Waals surface area contributed by atoms with Crippen LogP contribution in [0, 0.1) is 0 Å². The summed E-state index contributed by atoms with van der Waals surface area (Å²) in [5, 5.41) is 15.9. The summed E-state index contributed by atoms with van der Waals surface area (Å²) in [6.07, 6.45) is 4.84. The molecule has 0 bridgehead atoms. The number of aromatic nitrogens is 2. The lowest BCUT2D eigenvalue weighted by molar-refractivity contribution is -0.130. The largest absolute Gasteiger partial charge is 0.478 e. The topological polar surface area (TPSA) is 107 Å². The first kappa shape index (κ1) is 19.9. The number of amides is 2. The van der Waals surface area contributed by atoms with Crippen molar-refractivity contribution in [2.45, 2.75) is 6.54 Å².